The summed E-state index contributed by atoms with van der Waals surface area (Å²) in [6.45, 7) is 4.01. The Morgan fingerprint density at radius 1 is 1.37 bits per heavy atom. The van der Waals surface area contributed by atoms with Gasteiger partial charge >= 0.3 is 0 Å². The van der Waals surface area contributed by atoms with Crippen LogP contribution < -0.4 is 5.32 Å². The molecule has 0 aliphatic rings. The van der Waals surface area contributed by atoms with Gasteiger partial charge in [-0.2, -0.15) is 10.4 Å². The molecule has 0 unspecified atom stereocenters. The lowest BCUT2D eigenvalue weighted by molar-refractivity contribution is 0.764. The van der Waals surface area contributed by atoms with Crippen LogP contribution in [0, 0.1) is 18.3 Å². The number of nitrogens with one attached hydrogen (secondary N) is 1. The number of aryl methyl sites for hydroxylation is 3. The van der Waals surface area contributed by atoms with Crippen molar-refractivity contribution >= 4 is 11.5 Å². The molecule has 0 radical (unpaired) electrons. The average Bonchev–Trinajstić information content (AvgIpc) is 2.66. The topological polar surface area (TPSA) is 53.6 Å². The summed E-state index contributed by atoms with van der Waals surface area (Å²) in [7, 11) is 1.85. The Kier molecular flexibility index (Phi) is 3.86. The molecule has 0 atom stereocenters. The van der Waals surface area contributed by atoms with E-state index in [2.05, 4.69) is 29.5 Å². The van der Waals surface area contributed by atoms with E-state index in [9.17, 15) is 5.26 Å². The van der Waals surface area contributed by atoms with Gasteiger partial charge in [-0.3, -0.25) is 4.68 Å². The van der Waals surface area contributed by atoms with E-state index < -0.39 is 0 Å². The molecule has 0 aliphatic heterocycles. The second-order valence-electron chi connectivity index (χ2n) is 4.58. The average molecular weight is 254 g/mol. The zero-order chi connectivity index (χ0) is 13.8. The summed E-state index contributed by atoms with van der Waals surface area (Å²) in [5.41, 5.74) is 3.66. The number of benzene rings is 1. The fourth-order valence-corrected chi connectivity index (χ4v) is 2.19. The van der Waals surface area contributed by atoms with Gasteiger partial charge in [-0.1, -0.05) is 31.5 Å². The first kappa shape index (κ1) is 13.2. The maximum Gasteiger partial charge on any atom is 0.146 e. The van der Waals surface area contributed by atoms with Gasteiger partial charge in [-0.15, -0.1) is 0 Å². The minimum absolute atomic E-state index is 0.605. The monoisotopic (exact) mass is 254 g/mol. The van der Waals surface area contributed by atoms with Gasteiger partial charge in [0.15, 0.2) is 0 Å². The number of aromatic nitrogens is 2. The van der Waals surface area contributed by atoms with Gasteiger partial charge in [0.1, 0.15) is 17.5 Å². The number of nitriles is 1. The third kappa shape index (κ3) is 2.60. The number of anilines is 2. The highest BCUT2D eigenvalue weighted by Gasteiger charge is 2.13. The zero-order valence-electron chi connectivity index (χ0n) is 11.6. The predicted octanol–water partition coefficient (Wildman–Crippen LogP) is 3.30. The number of nitrogens with zero attached hydrogens (tertiary/aromatic N) is 3. The first-order chi connectivity index (χ1) is 9.17. The van der Waals surface area contributed by atoms with Crippen LogP contribution in [-0.4, -0.2) is 9.78 Å². The molecule has 0 bridgehead atoms. The van der Waals surface area contributed by atoms with E-state index in [0.29, 0.717) is 5.56 Å². The van der Waals surface area contributed by atoms with Crippen molar-refractivity contribution in [3.8, 4) is 6.07 Å². The Morgan fingerprint density at radius 3 is 2.79 bits per heavy atom. The first-order valence-corrected chi connectivity index (χ1v) is 6.46. The van der Waals surface area contributed by atoms with Gasteiger partial charge in [-0.05, 0) is 25.0 Å². The normalized spacial score (nSPS) is 10.2. The van der Waals surface area contributed by atoms with Crippen LogP contribution in [0.2, 0.25) is 0 Å². The molecule has 98 valence electrons. The number of hydrogen-bond acceptors (Lipinski definition) is 3. The van der Waals surface area contributed by atoms with Crippen molar-refractivity contribution in [2.45, 2.75) is 26.7 Å². The van der Waals surface area contributed by atoms with Crippen molar-refractivity contribution in [2.24, 2.45) is 7.05 Å². The molecule has 0 spiro atoms. The van der Waals surface area contributed by atoms with Crippen LogP contribution in [0.1, 0.15) is 30.2 Å². The Balaban J connectivity index is 2.39. The predicted molar refractivity (Wildman–Crippen MR) is 76.4 cm³/mol. The summed E-state index contributed by atoms with van der Waals surface area (Å²) >= 11 is 0. The SMILES string of the molecule is CCCc1ccccc1Nc1c(C#N)c(C)nn1C. The van der Waals surface area contributed by atoms with Gasteiger partial charge in [0.05, 0.1) is 5.69 Å². The van der Waals surface area contributed by atoms with Crippen LogP contribution in [0.3, 0.4) is 0 Å². The van der Waals surface area contributed by atoms with Gasteiger partial charge in [0.2, 0.25) is 0 Å². The van der Waals surface area contributed by atoms with Gasteiger partial charge in [-0.25, -0.2) is 0 Å². The third-order valence-electron chi connectivity index (χ3n) is 3.12. The molecule has 1 heterocycles. The lowest BCUT2D eigenvalue weighted by atomic mass is 10.1. The standard InChI is InChI=1S/C15H18N4/c1-4-7-12-8-5-6-9-14(12)17-15-13(10-16)11(2)18-19(15)3/h5-6,8-9,17H,4,7H2,1-3H3. The largest absolute Gasteiger partial charge is 0.339 e. The first-order valence-electron chi connectivity index (χ1n) is 6.46. The Bertz CT molecular complexity index is 620. The van der Waals surface area contributed by atoms with E-state index in [1.807, 2.05) is 32.2 Å². The highest BCUT2D eigenvalue weighted by molar-refractivity contribution is 5.66. The maximum absolute atomic E-state index is 9.22. The van der Waals surface area contributed by atoms with Gasteiger partial charge < -0.3 is 5.32 Å². The van der Waals surface area contributed by atoms with Gasteiger partial charge in [0.25, 0.3) is 0 Å². The molecule has 2 rings (SSSR count). The van der Waals surface area contributed by atoms with E-state index in [1.165, 1.54) is 5.56 Å². The van der Waals surface area contributed by atoms with E-state index in [1.54, 1.807) is 4.68 Å². The molecule has 0 saturated heterocycles. The summed E-state index contributed by atoms with van der Waals surface area (Å²) in [5.74, 6) is 0.753. The van der Waals surface area contributed by atoms with Crippen LogP contribution >= 0.6 is 0 Å². The molecule has 1 aromatic carbocycles. The van der Waals surface area contributed by atoms with Crippen LogP contribution in [0.15, 0.2) is 24.3 Å². The van der Waals surface area contributed by atoms with Crippen LogP contribution in [0.5, 0.6) is 0 Å². The fourth-order valence-electron chi connectivity index (χ4n) is 2.19. The highest BCUT2D eigenvalue weighted by atomic mass is 15.3. The van der Waals surface area contributed by atoms with E-state index in [-0.39, 0.29) is 0 Å². The lowest BCUT2D eigenvalue weighted by Crippen LogP contribution is -2.02. The molecule has 0 aliphatic carbocycles. The molecule has 4 heteroatoms. The Labute approximate surface area is 113 Å². The zero-order valence-corrected chi connectivity index (χ0v) is 11.6. The molecular weight excluding hydrogens is 236 g/mol. The van der Waals surface area contributed by atoms with Crippen molar-refractivity contribution < 1.29 is 0 Å². The molecule has 19 heavy (non-hydrogen) atoms. The lowest BCUT2D eigenvalue weighted by Gasteiger charge is -2.11. The van der Waals surface area contributed by atoms with Crippen molar-refractivity contribution in [1.29, 1.82) is 5.26 Å². The molecule has 1 N–H and O–H groups in total. The second kappa shape index (κ2) is 5.57. The smallest absolute Gasteiger partial charge is 0.146 e. The van der Waals surface area contributed by atoms with Crippen molar-refractivity contribution in [3.63, 3.8) is 0 Å². The van der Waals surface area contributed by atoms with E-state index in [4.69, 9.17) is 0 Å². The van der Waals surface area contributed by atoms with Crippen LogP contribution in [0.25, 0.3) is 0 Å². The Morgan fingerprint density at radius 2 is 2.11 bits per heavy atom. The van der Waals surface area contributed by atoms with Crippen molar-refractivity contribution in [2.75, 3.05) is 5.32 Å². The van der Waals surface area contributed by atoms with Crippen molar-refractivity contribution in [3.05, 3.63) is 41.1 Å². The van der Waals surface area contributed by atoms with Crippen LogP contribution in [-0.2, 0) is 13.5 Å². The molecule has 1 aromatic heterocycles. The van der Waals surface area contributed by atoms with Crippen LogP contribution in [0.4, 0.5) is 11.5 Å². The molecule has 4 nitrogen and oxygen atoms in total. The summed E-state index contributed by atoms with van der Waals surface area (Å²) in [4.78, 5) is 0. The summed E-state index contributed by atoms with van der Waals surface area (Å²) in [6, 6.07) is 10.4. The molecule has 0 amide bonds. The fraction of sp³-hybridized carbons (Fsp3) is 0.333. The second-order valence-corrected chi connectivity index (χ2v) is 4.58. The van der Waals surface area contributed by atoms with Gasteiger partial charge in [0, 0.05) is 12.7 Å². The molecule has 2 aromatic rings. The molecule has 0 saturated carbocycles. The summed E-state index contributed by atoms with van der Waals surface area (Å²) < 4.78 is 1.72. The third-order valence-corrected chi connectivity index (χ3v) is 3.12. The minimum Gasteiger partial charge on any atom is -0.339 e. The van der Waals surface area contributed by atoms with E-state index >= 15 is 0 Å². The minimum atomic E-state index is 0.605. The quantitative estimate of drug-likeness (QED) is 0.910. The van der Waals surface area contributed by atoms with Crippen molar-refractivity contribution in [1.82, 2.24) is 9.78 Å². The summed E-state index contributed by atoms with van der Waals surface area (Å²) in [5, 5.41) is 16.8. The molecular formula is C15H18N4. The highest BCUT2D eigenvalue weighted by Crippen LogP contribution is 2.25. The number of para-hydroxylation sites is 1. The maximum atomic E-state index is 9.22. The Hall–Kier alpha value is -2.28. The molecule has 0 fully saturated rings. The number of rotatable bonds is 4. The van der Waals surface area contributed by atoms with E-state index in [0.717, 1.165) is 30.0 Å². The summed E-state index contributed by atoms with van der Waals surface area (Å²) in [6.07, 6.45) is 2.11. The number of hydrogen-bond donors (Lipinski definition) is 1.